The van der Waals surface area contributed by atoms with Crippen LogP contribution in [0.15, 0.2) is 96.2 Å². The Morgan fingerprint density at radius 2 is 1.60 bits per heavy atom. The predicted octanol–water partition coefficient (Wildman–Crippen LogP) is 6.00. The smallest absolute Gasteiger partial charge is 0.338 e. The van der Waals surface area contributed by atoms with Gasteiger partial charge in [0.05, 0.1) is 30.8 Å². The number of aliphatic carboxylic acids is 1. The number of carboxylic acid groups (broad SMARTS) is 2. The highest BCUT2D eigenvalue weighted by atomic mass is 32.2. The fraction of sp³-hybridized carbons (Fsp3) is 0.278. The van der Waals surface area contributed by atoms with Gasteiger partial charge in [0.1, 0.15) is 5.03 Å². The van der Waals surface area contributed by atoms with Gasteiger partial charge < -0.3 is 30.1 Å². The van der Waals surface area contributed by atoms with Crippen molar-refractivity contribution in [3.8, 4) is 11.1 Å². The molecule has 1 amide bonds. The van der Waals surface area contributed by atoms with Crippen molar-refractivity contribution in [3.05, 3.63) is 119 Å². The second-order valence-corrected chi connectivity index (χ2v) is 12.3. The fourth-order valence-corrected chi connectivity index (χ4v) is 6.49. The number of aliphatic hydroxyl groups excluding tert-OH is 1. The average molecular weight is 657 g/mol. The minimum atomic E-state index is -1.03. The summed E-state index contributed by atoms with van der Waals surface area (Å²) in [7, 11) is 0. The highest BCUT2D eigenvalue weighted by Gasteiger charge is 2.38. The zero-order valence-electron chi connectivity index (χ0n) is 25.7. The molecule has 2 heterocycles. The molecule has 4 N–H and O–H groups in total. The summed E-state index contributed by atoms with van der Waals surface area (Å²) in [6, 6.07) is 26.4. The summed E-state index contributed by atoms with van der Waals surface area (Å²) in [5.74, 6) is -1.98. The lowest BCUT2D eigenvalue weighted by molar-refractivity contribution is -0.268. The first-order chi connectivity index (χ1) is 22.7. The maximum atomic E-state index is 12.0. The van der Waals surface area contributed by atoms with Gasteiger partial charge >= 0.3 is 11.9 Å². The number of aromatic nitrogens is 1. The van der Waals surface area contributed by atoms with Gasteiger partial charge in [-0.2, -0.15) is 0 Å². The van der Waals surface area contributed by atoms with Crippen molar-refractivity contribution < 1.29 is 39.2 Å². The molecule has 4 atom stereocenters. The number of hydrogen-bond donors (Lipinski definition) is 4. The third-order valence-electron chi connectivity index (χ3n) is 8.01. The zero-order chi connectivity index (χ0) is 33.3. The molecule has 0 aliphatic carbocycles. The van der Waals surface area contributed by atoms with E-state index in [1.54, 1.807) is 12.3 Å². The Hall–Kier alpha value is -4.55. The number of thioether (sulfide) groups is 1. The van der Waals surface area contributed by atoms with Crippen molar-refractivity contribution in [1.82, 2.24) is 10.3 Å². The van der Waals surface area contributed by atoms with Crippen LogP contribution < -0.4 is 5.32 Å². The molecule has 10 nitrogen and oxygen atoms in total. The fourth-order valence-electron chi connectivity index (χ4n) is 5.34. The number of pyridine rings is 1. The second kappa shape index (κ2) is 15.8. The van der Waals surface area contributed by atoms with Crippen LogP contribution in [-0.2, 0) is 32.2 Å². The molecule has 4 aromatic rings. The van der Waals surface area contributed by atoms with Gasteiger partial charge in [-0.15, -0.1) is 11.8 Å². The summed E-state index contributed by atoms with van der Waals surface area (Å²) in [5, 5.41) is 31.1. The Balaban J connectivity index is 1.33. The summed E-state index contributed by atoms with van der Waals surface area (Å²) in [5.41, 5.74) is 5.51. The number of aromatic carboxylic acids is 1. The summed E-state index contributed by atoms with van der Waals surface area (Å²) in [6.07, 6.45) is -0.0148. The molecule has 1 saturated heterocycles. The number of amides is 1. The summed E-state index contributed by atoms with van der Waals surface area (Å²) in [4.78, 5) is 38.7. The van der Waals surface area contributed by atoms with Crippen molar-refractivity contribution in [1.29, 1.82) is 0 Å². The lowest BCUT2D eigenvalue weighted by Gasteiger charge is -2.41. The van der Waals surface area contributed by atoms with Gasteiger partial charge in [-0.1, -0.05) is 73.7 Å². The quantitative estimate of drug-likeness (QED) is 0.126. The largest absolute Gasteiger partial charge is 0.481 e. The molecule has 0 saturated carbocycles. The number of rotatable bonds is 13. The summed E-state index contributed by atoms with van der Waals surface area (Å²) >= 11 is 1.34. The van der Waals surface area contributed by atoms with Crippen LogP contribution in [0, 0.1) is 5.92 Å². The van der Waals surface area contributed by atoms with E-state index in [4.69, 9.17) is 14.6 Å². The standard InChI is InChI=1S/C36H36N2O8S/c1-22-30(21-47-34-29(35(43)44)6-3-17-37-34)45-36(46-33(22)26-9-7-23(20-39)8-10-26)27-13-11-25(12-14-27)28-5-2-4-24(18-28)19-38-31(40)15-16-32(41)42/h2-14,17-18,22,30,33,36,39H,15-16,19-21H2,1H3,(H,38,40)(H,41,42)(H,43,44)/t22-,30+,33+,36+/m1/s1. The van der Waals surface area contributed by atoms with Crippen LogP contribution in [0.3, 0.4) is 0 Å². The van der Waals surface area contributed by atoms with Gasteiger partial charge in [0.15, 0.2) is 6.29 Å². The van der Waals surface area contributed by atoms with E-state index in [9.17, 15) is 24.6 Å². The highest BCUT2D eigenvalue weighted by Crippen LogP contribution is 2.43. The van der Waals surface area contributed by atoms with E-state index in [-0.39, 0.29) is 49.0 Å². The van der Waals surface area contributed by atoms with Crippen molar-refractivity contribution in [2.24, 2.45) is 5.92 Å². The van der Waals surface area contributed by atoms with E-state index in [1.165, 1.54) is 17.8 Å². The maximum Gasteiger partial charge on any atom is 0.338 e. The zero-order valence-corrected chi connectivity index (χ0v) is 26.6. The van der Waals surface area contributed by atoms with Gasteiger partial charge in [-0.25, -0.2) is 9.78 Å². The predicted molar refractivity (Wildman–Crippen MR) is 175 cm³/mol. The Labute approximate surface area is 276 Å². The van der Waals surface area contributed by atoms with Gasteiger partial charge in [0, 0.05) is 36.4 Å². The van der Waals surface area contributed by atoms with E-state index in [1.807, 2.05) is 79.7 Å². The van der Waals surface area contributed by atoms with Crippen LogP contribution in [0.2, 0.25) is 0 Å². The highest BCUT2D eigenvalue weighted by molar-refractivity contribution is 7.99. The molecule has 47 heavy (non-hydrogen) atoms. The maximum absolute atomic E-state index is 12.0. The molecular formula is C36H36N2O8S. The normalized spacial score (nSPS) is 19.2. The first-order valence-corrected chi connectivity index (χ1v) is 16.2. The van der Waals surface area contributed by atoms with Crippen LogP contribution in [0.4, 0.5) is 0 Å². The van der Waals surface area contributed by atoms with E-state index in [0.717, 1.165) is 33.4 Å². The molecule has 1 aliphatic rings. The molecule has 1 aromatic heterocycles. The molecule has 0 spiro atoms. The molecule has 0 radical (unpaired) electrons. The Morgan fingerprint density at radius 3 is 2.30 bits per heavy atom. The van der Waals surface area contributed by atoms with Crippen molar-refractivity contribution in [2.45, 2.75) is 56.4 Å². The molecular weight excluding hydrogens is 620 g/mol. The molecule has 11 heteroatoms. The van der Waals surface area contributed by atoms with Crippen molar-refractivity contribution >= 4 is 29.6 Å². The number of benzene rings is 3. The van der Waals surface area contributed by atoms with Crippen LogP contribution in [-0.4, -0.2) is 50.0 Å². The molecule has 0 unspecified atom stereocenters. The minimum Gasteiger partial charge on any atom is -0.481 e. The number of aliphatic hydroxyl groups is 1. The first-order valence-electron chi connectivity index (χ1n) is 15.2. The van der Waals surface area contributed by atoms with Gasteiger partial charge in [-0.05, 0) is 46.0 Å². The molecule has 3 aromatic carbocycles. The van der Waals surface area contributed by atoms with Gasteiger partial charge in [0.25, 0.3) is 0 Å². The van der Waals surface area contributed by atoms with Crippen LogP contribution in [0.1, 0.15) is 64.8 Å². The number of carbonyl (C=O) groups excluding carboxylic acids is 1. The second-order valence-electron chi connectivity index (χ2n) is 11.3. The van der Waals surface area contributed by atoms with Crippen LogP contribution in [0.5, 0.6) is 0 Å². The number of ether oxygens (including phenoxy) is 2. The molecule has 1 aliphatic heterocycles. The Kier molecular flexibility index (Phi) is 11.4. The number of carboxylic acids is 2. The Bertz CT molecular complexity index is 1700. The van der Waals surface area contributed by atoms with Crippen LogP contribution >= 0.6 is 11.8 Å². The SMILES string of the molecule is C[C@@H]1[C@H](CSc2ncccc2C(=O)O)O[C@H](c2ccc(-c3cccc(CNC(=O)CCC(=O)O)c3)cc2)O[C@@H]1c1ccc(CO)cc1. The summed E-state index contributed by atoms with van der Waals surface area (Å²) < 4.78 is 13.1. The minimum absolute atomic E-state index is 0.0565. The lowest BCUT2D eigenvalue weighted by Crippen LogP contribution is -2.38. The van der Waals surface area contributed by atoms with E-state index in [2.05, 4.69) is 10.3 Å². The molecule has 1 fully saturated rings. The van der Waals surface area contributed by atoms with Gasteiger partial charge in [-0.3, -0.25) is 9.59 Å². The lowest BCUT2D eigenvalue weighted by atomic mass is 9.91. The first kappa shape index (κ1) is 33.8. The third kappa shape index (κ3) is 8.83. The average Bonchev–Trinajstić information content (AvgIpc) is 3.09. The van der Waals surface area contributed by atoms with Gasteiger partial charge in [0.2, 0.25) is 5.91 Å². The van der Waals surface area contributed by atoms with E-state index >= 15 is 0 Å². The number of nitrogens with one attached hydrogen (secondary N) is 1. The van der Waals surface area contributed by atoms with E-state index < -0.39 is 18.2 Å². The van der Waals surface area contributed by atoms with E-state index in [0.29, 0.717) is 17.3 Å². The topological polar surface area (TPSA) is 155 Å². The van der Waals surface area contributed by atoms with Crippen molar-refractivity contribution in [2.75, 3.05) is 5.75 Å². The molecule has 0 bridgehead atoms. The Morgan fingerprint density at radius 1 is 0.851 bits per heavy atom. The third-order valence-corrected chi connectivity index (χ3v) is 9.10. The number of carbonyl (C=O) groups is 3. The number of hydrogen-bond acceptors (Lipinski definition) is 8. The molecule has 244 valence electrons. The van der Waals surface area contributed by atoms with Crippen LogP contribution in [0.25, 0.3) is 11.1 Å². The van der Waals surface area contributed by atoms with Crippen molar-refractivity contribution in [3.63, 3.8) is 0 Å². The number of nitrogens with zero attached hydrogens (tertiary/aromatic N) is 1. The summed E-state index contributed by atoms with van der Waals surface area (Å²) in [6.45, 7) is 2.28. The monoisotopic (exact) mass is 656 g/mol. The molecule has 5 rings (SSSR count).